The largest absolute Gasteiger partial charge is 0.480 e. The zero-order valence-electron chi connectivity index (χ0n) is 10.1. The lowest BCUT2D eigenvalue weighted by atomic mass is 10.3. The molecule has 1 aromatic heterocycles. The summed E-state index contributed by atoms with van der Waals surface area (Å²) in [7, 11) is 1.43. The lowest BCUT2D eigenvalue weighted by Crippen LogP contribution is -2.37. The molecule has 1 amide bonds. The fraction of sp³-hybridized carbons (Fsp3) is 0.400. The number of carboxylic acid groups (broad SMARTS) is 1. The molecular formula is C10H12N2O6S. The van der Waals surface area contributed by atoms with Gasteiger partial charge in [0.2, 0.25) is 0 Å². The highest BCUT2D eigenvalue weighted by Crippen LogP contribution is 2.23. The van der Waals surface area contributed by atoms with Gasteiger partial charge < -0.3 is 14.7 Å². The SMILES string of the molecule is COCCN(CC(=O)O)C(=O)c1csc([N+](=O)[O-])c1. The maximum atomic E-state index is 12.0. The van der Waals surface area contributed by atoms with E-state index in [1.54, 1.807) is 0 Å². The number of carbonyl (C=O) groups is 2. The maximum absolute atomic E-state index is 12.0. The number of rotatable bonds is 7. The molecule has 0 fully saturated rings. The molecule has 0 aromatic carbocycles. The standard InChI is InChI=1S/C10H12N2O6S/c1-18-3-2-11(5-9(13)14)10(15)7-4-8(12(16)17)19-6-7/h4,6H,2-3,5H2,1H3,(H,13,14). The summed E-state index contributed by atoms with van der Waals surface area (Å²) in [6.45, 7) is -0.192. The minimum atomic E-state index is -1.16. The third-order valence-corrected chi connectivity index (χ3v) is 3.07. The number of nitro groups is 1. The second-order valence-corrected chi connectivity index (χ2v) is 4.43. The highest BCUT2D eigenvalue weighted by atomic mass is 32.1. The molecule has 1 rings (SSSR count). The molecule has 0 spiro atoms. The molecule has 1 heterocycles. The molecule has 0 saturated carbocycles. The Kier molecular flexibility index (Phi) is 5.39. The Balaban J connectivity index is 2.84. The van der Waals surface area contributed by atoms with Crippen LogP contribution in [0.5, 0.6) is 0 Å². The summed E-state index contributed by atoms with van der Waals surface area (Å²) >= 11 is 0.821. The second kappa shape index (κ2) is 6.81. The molecule has 1 aromatic rings. The van der Waals surface area contributed by atoms with Gasteiger partial charge in [-0.3, -0.25) is 19.7 Å². The smallest absolute Gasteiger partial charge is 0.324 e. The van der Waals surface area contributed by atoms with Crippen LogP contribution in [0.2, 0.25) is 0 Å². The van der Waals surface area contributed by atoms with Crippen LogP contribution in [0.4, 0.5) is 5.00 Å². The molecule has 0 saturated heterocycles. The number of carbonyl (C=O) groups excluding carboxylic acids is 1. The first-order valence-electron chi connectivity index (χ1n) is 5.18. The van der Waals surface area contributed by atoms with Gasteiger partial charge in [-0.15, -0.1) is 0 Å². The van der Waals surface area contributed by atoms with Crippen LogP contribution in [0, 0.1) is 10.1 Å². The first-order valence-corrected chi connectivity index (χ1v) is 6.06. The van der Waals surface area contributed by atoms with E-state index in [0.717, 1.165) is 22.3 Å². The Labute approximate surface area is 112 Å². The van der Waals surface area contributed by atoms with E-state index in [1.807, 2.05) is 0 Å². The van der Waals surface area contributed by atoms with Gasteiger partial charge in [-0.1, -0.05) is 11.3 Å². The van der Waals surface area contributed by atoms with E-state index in [9.17, 15) is 19.7 Å². The molecule has 104 valence electrons. The predicted molar refractivity (Wildman–Crippen MR) is 66.4 cm³/mol. The van der Waals surface area contributed by atoms with Gasteiger partial charge in [0.15, 0.2) is 0 Å². The summed E-state index contributed by atoms with van der Waals surface area (Å²) in [5.41, 5.74) is 0.106. The summed E-state index contributed by atoms with van der Waals surface area (Å²) in [6.07, 6.45) is 0. The summed E-state index contributed by atoms with van der Waals surface area (Å²) in [5.74, 6) is -1.72. The van der Waals surface area contributed by atoms with Crippen LogP contribution in [0.15, 0.2) is 11.4 Å². The van der Waals surface area contributed by atoms with Crippen LogP contribution in [0.3, 0.4) is 0 Å². The van der Waals surface area contributed by atoms with Crippen molar-refractivity contribution in [1.82, 2.24) is 4.90 Å². The molecule has 0 unspecified atom stereocenters. The molecule has 0 aliphatic heterocycles. The fourth-order valence-corrected chi connectivity index (χ4v) is 2.03. The number of ether oxygens (including phenoxy) is 1. The third-order valence-electron chi connectivity index (χ3n) is 2.19. The lowest BCUT2D eigenvalue weighted by molar-refractivity contribution is -0.380. The molecule has 1 N–H and O–H groups in total. The molecule has 0 atom stereocenters. The van der Waals surface area contributed by atoms with Crippen LogP contribution in [-0.4, -0.2) is 53.6 Å². The van der Waals surface area contributed by atoms with E-state index < -0.39 is 23.3 Å². The number of hydrogen-bond acceptors (Lipinski definition) is 6. The molecule has 8 nitrogen and oxygen atoms in total. The van der Waals surface area contributed by atoms with Crippen LogP contribution < -0.4 is 0 Å². The van der Waals surface area contributed by atoms with Crippen molar-refractivity contribution < 1.29 is 24.4 Å². The van der Waals surface area contributed by atoms with Gasteiger partial charge in [0.1, 0.15) is 6.54 Å². The van der Waals surface area contributed by atoms with E-state index in [-0.39, 0.29) is 23.7 Å². The van der Waals surface area contributed by atoms with Gasteiger partial charge in [-0.25, -0.2) is 0 Å². The van der Waals surface area contributed by atoms with Crippen molar-refractivity contribution in [3.63, 3.8) is 0 Å². The minimum absolute atomic E-state index is 0.102. The van der Waals surface area contributed by atoms with Crippen LogP contribution >= 0.6 is 11.3 Å². The number of methoxy groups -OCH3 is 1. The van der Waals surface area contributed by atoms with Crippen LogP contribution in [0.25, 0.3) is 0 Å². The third kappa shape index (κ3) is 4.30. The summed E-state index contributed by atoms with van der Waals surface area (Å²) in [4.78, 5) is 33.7. The first-order chi connectivity index (χ1) is 8.95. The Hall–Kier alpha value is -2.00. The fourth-order valence-electron chi connectivity index (χ4n) is 1.33. The normalized spacial score (nSPS) is 10.2. The molecule has 0 bridgehead atoms. The highest BCUT2D eigenvalue weighted by Gasteiger charge is 2.21. The first kappa shape index (κ1) is 15.1. The highest BCUT2D eigenvalue weighted by molar-refractivity contribution is 7.13. The van der Waals surface area contributed by atoms with Crippen molar-refractivity contribution >= 4 is 28.2 Å². The average molecular weight is 288 g/mol. The molecule has 0 radical (unpaired) electrons. The number of amides is 1. The predicted octanol–water partition coefficient (Wildman–Crippen LogP) is 0.829. The average Bonchev–Trinajstić information content (AvgIpc) is 2.82. The number of hydrogen-bond donors (Lipinski definition) is 1. The van der Waals surface area contributed by atoms with Gasteiger partial charge in [-0.2, -0.15) is 0 Å². The minimum Gasteiger partial charge on any atom is -0.480 e. The summed E-state index contributed by atoms with van der Waals surface area (Å²) in [5, 5.41) is 20.4. The van der Waals surface area contributed by atoms with Gasteiger partial charge in [0.25, 0.3) is 5.91 Å². The quantitative estimate of drug-likeness (QED) is 0.587. The Morgan fingerprint density at radius 3 is 2.74 bits per heavy atom. The van der Waals surface area contributed by atoms with Crippen LogP contribution in [0.1, 0.15) is 10.4 Å². The monoisotopic (exact) mass is 288 g/mol. The zero-order valence-corrected chi connectivity index (χ0v) is 10.9. The number of aliphatic carboxylic acids is 1. The lowest BCUT2D eigenvalue weighted by Gasteiger charge is -2.19. The molecular weight excluding hydrogens is 276 g/mol. The second-order valence-electron chi connectivity index (χ2n) is 3.54. The van der Waals surface area contributed by atoms with Crippen LogP contribution in [-0.2, 0) is 9.53 Å². The summed E-state index contributed by atoms with van der Waals surface area (Å²) < 4.78 is 4.79. The van der Waals surface area contributed by atoms with Crippen molar-refractivity contribution in [2.24, 2.45) is 0 Å². The Morgan fingerprint density at radius 1 is 1.58 bits per heavy atom. The van der Waals surface area contributed by atoms with Crippen molar-refractivity contribution in [1.29, 1.82) is 0 Å². The number of thiophene rings is 1. The van der Waals surface area contributed by atoms with Crippen molar-refractivity contribution in [2.75, 3.05) is 26.8 Å². The maximum Gasteiger partial charge on any atom is 0.324 e. The van der Waals surface area contributed by atoms with Gasteiger partial charge in [0.05, 0.1) is 17.1 Å². The van der Waals surface area contributed by atoms with Gasteiger partial charge in [0, 0.05) is 25.1 Å². The van der Waals surface area contributed by atoms with Crippen molar-refractivity contribution in [3.8, 4) is 0 Å². The molecule has 0 aliphatic rings. The van der Waals surface area contributed by atoms with E-state index in [1.165, 1.54) is 12.5 Å². The van der Waals surface area contributed by atoms with E-state index in [2.05, 4.69) is 0 Å². The zero-order chi connectivity index (χ0) is 14.4. The number of carboxylic acids is 1. The molecule has 19 heavy (non-hydrogen) atoms. The summed E-state index contributed by atoms with van der Waals surface area (Å²) in [6, 6.07) is 1.13. The Morgan fingerprint density at radius 2 is 2.26 bits per heavy atom. The van der Waals surface area contributed by atoms with Gasteiger partial charge in [-0.05, 0) is 0 Å². The van der Waals surface area contributed by atoms with E-state index >= 15 is 0 Å². The topological polar surface area (TPSA) is 110 Å². The van der Waals surface area contributed by atoms with Crippen molar-refractivity contribution in [2.45, 2.75) is 0 Å². The molecule has 9 heteroatoms. The molecule has 0 aliphatic carbocycles. The van der Waals surface area contributed by atoms with Gasteiger partial charge >= 0.3 is 11.0 Å². The van der Waals surface area contributed by atoms with Crippen molar-refractivity contribution in [3.05, 3.63) is 27.1 Å². The Bertz CT molecular complexity index is 486. The number of nitrogens with zero attached hydrogens (tertiary/aromatic N) is 2. The van der Waals surface area contributed by atoms with E-state index in [0.29, 0.717) is 0 Å². The van der Waals surface area contributed by atoms with E-state index in [4.69, 9.17) is 9.84 Å².